The monoisotopic (exact) mass is 404 g/mol. The van der Waals surface area contributed by atoms with Gasteiger partial charge in [0.2, 0.25) is 6.79 Å². The first kappa shape index (κ1) is 18.0. The average Bonchev–Trinajstić information content (AvgIpc) is 3.21. The number of imide groups is 1. The third-order valence-corrected chi connectivity index (χ3v) is 5.87. The molecule has 0 radical (unpaired) electrons. The summed E-state index contributed by atoms with van der Waals surface area (Å²) in [5.74, 6) is 1.53. The second kappa shape index (κ2) is 6.98. The van der Waals surface area contributed by atoms with E-state index in [-0.39, 0.29) is 12.7 Å². The molecule has 1 saturated heterocycles. The number of nitrogens with one attached hydrogen (secondary N) is 1. The van der Waals surface area contributed by atoms with Crippen LogP contribution in [0.2, 0.25) is 5.02 Å². The molecule has 0 bridgehead atoms. The van der Waals surface area contributed by atoms with E-state index in [1.165, 1.54) is 4.90 Å². The molecule has 2 heterocycles. The Labute approximate surface area is 165 Å². The number of rotatable bonds is 5. The topological polar surface area (TPSA) is 67.9 Å². The zero-order chi connectivity index (χ0) is 19.0. The summed E-state index contributed by atoms with van der Waals surface area (Å²) in [6.45, 7) is 2.18. The molecule has 27 heavy (non-hydrogen) atoms. The molecule has 4 rings (SSSR count). The van der Waals surface area contributed by atoms with Crippen molar-refractivity contribution in [3.63, 3.8) is 0 Å². The van der Waals surface area contributed by atoms with E-state index in [1.807, 2.05) is 24.3 Å². The molecule has 0 unspecified atom stereocenters. The fourth-order valence-corrected chi connectivity index (χ4v) is 4.05. The number of benzene rings is 2. The molecular weight excluding hydrogens is 388 g/mol. The van der Waals surface area contributed by atoms with Crippen molar-refractivity contribution >= 4 is 35.3 Å². The Kier molecular flexibility index (Phi) is 4.65. The van der Waals surface area contributed by atoms with E-state index in [0.29, 0.717) is 34.4 Å². The van der Waals surface area contributed by atoms with Gasteiger partial charge in [-0.05, 0) is 48.9 Å². The van der Waals surface area contributed by atoms with Crippen LogP contribution in [0.15, 0.2) is 47.4 Å². The van der Waals surface area contributed by atoms with Crippen LogP contribution in [0, 0.1) is 0 Å². The lowest BCUT2D eigenvalue weighted by Crippen LogP contribution is -2.41. The molecule has 2 aliphatic rings. The number of carbonyl (C=O) groups excluding carboxylic acids is 2. The molecule has 0 aromatic heterocycles. The maximum Gasteiger partial charge on any atom is 0.325 e. The summed E-state index contributed by atoms with van der Waals surface area (Å²) in [7, 11) is 0. The Morgan fingerprint density at radius 1 is 1.15 bits per heavy atom. The number of halogens is 1. The van der Waals surface area contributed by atoms with Crippen molar-refractivity contribution in [1.82, 2.24) is 10.2 Å². The number of nitrogens with zero attached hydrogens (tertiary/aromatic N) is 1. The van der Waals surface area contributed by atoms with Crippen LogP contribution in [0.4, 0.5) is 4.79 Å². The van der Waals surface area contributed by atoms with E-state index in [9.17, 15) is 9.59 Å². The van der Waals surface area contributed by atoms with E-state index < -0.39 is 11.6 Å². The lowest BCUT2D eigenvalue weighted by Gasteiger charge is -2.22. The van der Waals surface area contributed by atoms with Crippen molar-refractivity contribution in [3.05, 3.63) is 53.1 Å². The molecule has 3 amide bonds. The van der Waals surface area contributed by atoms with Crippen molar-refractivity contribution < 1.29 is 19.1 Å². The van der Waals surface area contributed by atoms with E-state index in [2.05, 4.69) is 5.32 Å². The standard InChI is InChI=1S/C19H17ClN2O4S/c1-19(12-2-7-15-16(10-12)26-11-25-15)17(23)22(18(24)21-19)8-9-27-14-5-3-13(20)4-6-14/h2-7,10H,8-9,11H2,1H3,(H,21,24)/t19-/m1/s1. The van der Waals surface area contributed by atoms with Gasteiger partial charge in [0.05, 0.1) is 0 Å². The fraction of sp³-hybridized carbons (Fsp3) is 0.263. The van der Waals surface area contributed by atoms with Gasteiger partial charge >= 0.3 is 6.03 Å². The smallest absolute Gasteiger partial charge is 0.325 e. The SMILES string of the molecule is C[C@]1(c2ccc3c(c2)OCO3)NC(=O)N(CCSc2ccc(Cl)cc2)C1=O. The number of hydrogen-bond acceptors (Lipinski definition) is 5. The zero-order valence-electron chi connectivity index (χ0n) is 14.5. The molecule has 0 saturated carbocycles. The quantitative estimate of drug-likeness (QED) is 0.608. The zero-order valence-corrected chi connectivity index (χ0v) is 16.1. The van der Waals surface area contributed by atoms with Crippen molar-refractivity contribution in [2.75, 3.05) is 19.1 Å². The largest absolute Gasteiger partial charge is 0.454 e. The molecule has 2 aromatic carbocycles. The highest BCUT2D eigenvalue weighted by atomic mass is 35.5. The van der Waals surface area contributed by atoms with E-state index in [1.54, 1.807) is 36.9 Å². The Hall–Kier alpha value is -2.38. The van der Waals surface area contributed by atoms with Crippen LogP contribution in [0.25, 0.3) is 0 Å². The van der Waals surface area contributed by atoms with Crippen LogP contribution >= 0.6 is 23.4 Å². The summed E-state index contributed by atoms with van der Waals surface area (Å²) < 4.78 is 10.7. The minimum Gasteiger partial charge on any atom is -0.454 e. The lowest BCUT2D eigenvalue weighted by molar-refractivity contribution is -0.130. The number of urea groups is 1. The van der Waals surface area contributed by atoms with Crippen molar-refractivity contribution in [2.24, 2.45) is 0 Å². The number of ether oxygens (including phenoxy) is 2. The van der Waals surface area contributed by atoms with Crippen LogP contribution in [0.3, 0.4) is 0 Å². The van der Waals surface area contributed by atoms with Gasteiger partial charge in [-0.1, -0.05) is 17.7 Å². The molecule has 6 nitrogen and oxygen atoms in total. The van der Waals surface area contributed by atoms with Crippen molar-refractivity contribution in [2.45, 2.75) is 17.4 Å². The second-order valence-corrected chi connectivity index (χ2v) is 7.99. The van der Waals surface area contributed by atoms with E-state index >= 15 is 0 Å². The summed E-state index contributed by atoms with van der Waals surface area (Å²) in [6.07, 6.45) is 0. The van der Waals surface area contributed by atoms with Crippen LogP contribution in [0.1, 0.15) is 12.5 Å². The van der Waals surface area contributed by atoms with Crippen molar-refractivity contribution in [1.29, 1.82) is 0 Å². The van der Waals surface area contributed by atoms with Gasteiger partial charge in [-0.15, -0.1) is 11.8 Å². The molecular formula is C19H17ClN2O4S. The molecule has 140 valence electrons. The first-order valence-corrected chi connectivity index (χ1v) is 9.76. The molecule has 2 aromatic rings. The maximum atomic E-state index is 13.0. The van der Waals surface area contributed by atoms with Gasteiger partial charge in [0, 0.05) is 22.2 Å². The Balaban J connectivity index is 1.45. The van der Waals surface area contributed by atoms with Gasteiger partial charge in [0.15, 0.2) is 11.5 Å². The minimum atomic E-state index is -1.12. The number of carbonyl (C=O) groups is 2. The molecule has 0 aliphatic carbocycles. The maximum absolute atomic E-state index is 13.0. The Bertz CT molecular complexity index is 905. The average molecular weight is 405 g/mol. The van der Waals surface area contributed by atoms with Crippen LogP contribution in [-0.2, 0) is 10.3 Å². The number of hydrogen-bond donors (Lipinski definition) is 1. The van der Waals surface area contributed by atoms with Crippen LogP contribution in [0.5, 0.6) is 11.5 Å². The highest BCUT2D eigenvalue weighted by Crippen LogP contribution is 2.38. The van der Waals surface area contributed by atoms with Gasteiger partial charge in [0.25, 0.3) is 5.91 Å². The summed E-state index contributed by atoms with van der Waals surface area (Å²) in [5, 5.41) is 3.48. The van der Waals surface area contributed by atoms with Crippen LogP contribution < -0.4 is 14.8 Å². The summed E-state index contributed by atoms with van der Waals surface area (Å²) in [5.41, 5.74) is -0.457. The molecule has 0 spiro atoms. The summed E-state index contributed by atoms with van der Waals surface area (Å²) in [4.78, 5) is 27.7. The number of fused-ring (bicyclic) bond motifs is 1. The van der Waals surface area contributed by atoms with E-state index in [4.69, 9.17) is 21.1 Å². The van der Waals surface area contributed by atoms with E-state index in [0.717, 1.165) is 4.90 Å². The van der Waals surface area contributed by atoms with Gasteiger partial charge in [-0.2, -0.15) is 0 Å². The molecule has 8 heteroatoms. The van der Waals surface area contributed by atoms with Gasteiger partial charge < -0.3 is 14.8 Å². The first-order chi connectivity index (χ1) is 13.0. The normalized spacial score (nSPS) is 20.9. The van der Waals surface area contributed by atoms with Gasteiger partial charge in [0.1, 0.15) is 5.54 Å². The summed E-state index contributed by atoms with van der Waals surface area (Å²) in [6, 6.07) is 12.3. The fourth-order valence-electron chi connectivity index (χ4n) is 3.09. The number of amides is 3. The predicted octanol–water partition coefficient (Wildman–Crippen LogP) is 3.63. The highest BCUT2D eigenvalue weighted by molar-refractivity contribution is 7.99. The lowest BCUT2D eigenvalue weighted by atomic mass is 9.91. The third kappa shape index (κ3) is 3.33. The summed E-state index contributed by atoms with van der Waals surface area (Å²) >= 11 is 7.44. The minimum absolute atomic E-state index is 0.157. The Morgan fingerprint density at radius 2 is 1.89 bits per heavy atom. The number of thioether (sulfide) groups is 1. The van der Waals surface area contributed by atoms with Crippen molar-refractivity contribution in [3.8, 4) is 11.5 Å². The predicted molar refractivity (Wildman–Crippen MR) is 102 cm³/mol. The molecule has 1 N–H and O–H groups in total. The van der Waals surface area contributed by atoms with Gasteiger partial charge in [-0.3, -0.25) is 9.69 Å². The third-order valence-electron chi connectivity index (χ3n) is 4.62. The van der Waals surface area contributed by atoms with Gasteiger partial charge in [-0.25, -0.2) is 4.79 Å². The Morgan fingerprint density at radius 3 is 2.67 bits per heavy atom. The van der Waals surface area contributed by atoms with Crippen LogP contribution in [-0.4, -0.2) is 35.9 Å². The first-order valence-electron chi connectivity index (χ1n) is 8.40. The molecule has 1 fully saturated rings. The molecule has 1 atom stereocenters. The molecule has 2 aliphatic heterocycles. The second-order valence-electron chi connectivity index (χ2n) is 6.38. The highest BCUT2D eigenvalue weighted by Gasteiger charge is 2.49.